The molecule has 1 aliphatic heterocycles. The molecule has 1 saturated heterocycles. The average Bonchev–Trinajstić information content (AvgIpc) is 3.42. The second-order valence-electron chi connectivity index (χ2n) is 18.4. The van der Waals surface area contributed by atoms with Gasteiger partial charge in [0.2, 0.25) is 0 Å². The van der Waals surface area contributed by atoms with Crippen LogP contribution >= 0.6 is 0 Å². The SMILES string of the molecule is OCCCCCCCCOCCCCCCCCO[C@@H]1O[C@H](COC(c2ccccc2)(c2ccccc2)c2ccccc2)[C@@H](OCc2ccccc2)[C@H](OCc2ccccc2)[C@H]1OCc1ccccc1. The number of aliphatic hydroxyl groups is 1. The Morgan fingerprint density at radius 3 is 1.16 bits per heavy atom. The molecule has 0 bridgehead atoms. The number of aliphatic hydroxyl groups excluding tert-OH is 1. The molecule has 8 nitrogen and oxygen atoms in total. The Morgan fingerprint density at radius 2 is 0.729 bits per heavy atom. The zero-order valence-corrected chi connectivity index (χ0v) is 41.2. The van der Waals surface area contributed by atoms with Crippen LogP contribution in [0.25, 0.3) is 0 Å². The lowest BCUT2D eigenvalue weighted by molar-refractivity contribution is -0.330. The molecule has 0 amide bonds. The van der Waals surface area contributed by atoms with Gasteiger partial charge < -0.3 is 38.3 Å². The van der Waals surface area contributed by atoms with Gasteiger partial charge in [-0.3, -0.25) is 0 Å². The third kappa shape index (κ3) is 16.5. The molecule has 0 saturated carbocycles. The van der Waals surface area contributed by atoms with E-state index in [-0.39, 0.29) is 6.61 Å². The molecule has 0 unspecified atom stereocenters. The van der Waals surface area contributed by atoms with E-state index >= 15 is 0 Å². The summed E-state index contributed by atoms with van der Waals surface area (Å²) >= 11 is 0. The van der Waals surface area contributed by atoms with Crippen LogP contribution in [0.3, 0.4) is 0 Å². The monoisotopic (exact) mass is 949 g/mol. The highest BCUT2D eigenvalue weighted by molar-refractivity contribution is 5.47. The highest BCUT2D eigenvalue weighted by Gasteiger charge is 2.50. The summed E-state index contributed by atoms with van der Waals surface area (Å²) in [7, 11) is 0. The summed E-state index contributed by atoms with van der Waals surface area (Å²) in [6, 6.07) is 62.1. The summed E-state index contributed by atoms with van der Waals surface area (Å²) in [5.41, 5.74) is 5.16. The molecule has 372 valence electrons. The number of rotatable bonds is 33. The van der Waals surface area contributed by atoms with Crippen molar-refractivity contribution < 1.29 is 38.3 Å². The van der Waals surface area contributed by atoms with Crippen molar-refractivity contribution in [3.63, 3.8) is 0 Å². The minimum Gasteiger partial charge on any atom is -0.396 e. The normalized spacial score (nSPS) is 18.2. The molecule has 1 aliphatic rings. The molecule has 0 aromatic heterocycles. The van der Waals surface area contributed by atoms with Gasteiger partial charge in [0.25, 0.3) is 0 Å². The van der Waals surface area contributed by atoms with Crippen molar-refractivity contribution in [1.82, 2.24) is 0 Å². The fourth-order valence-electron chi connectivity index (χ4n) is 9.33. The Labute approximate surface area is 418 Å². The van der Waals surface area contributed by atoms with E-state index < -0.39 is 36.3 Å². The largest absolute Gasteiger partial charge is 0.396 e. The van der Waals surface area contributed by atoms with E-state index in [0.717, 1.165) is 104 Å². The summed E-state index contributed by atoms with van der Waals surface area (Å²) in [6.45, 7) is 3.68. The topological polar surface area (TPSA) is 84.8 Å². The van der Waals surface area contributed by atoms with E-state index in [0.29, 0.717) is 33.0 Å². The smallest absolute Gasteiger partial charge is 0.186 e. The van der Waals surface area contributed by atoms with Crippen molar-refractivity contribution in [2.45, 2.75) is 133 Å². The van der Waals surface area contributed by atoms with Crippen LogP contribution in [0.4, 0.5) is 0 Å². The van der Waals surface area contributed by atoms with Gasteiger partial charge in [0, 0.05) is 26.4 Å². The highest BCUT2D eigenvalue weighted by atomic mass is 16.7. The van der Waals surface area contributed by atoms with E-state index in [4.69, 9.17) is 38.3 Å². The first kappa shape index (κ1) is 52.8. The van der Waals surface area contributed by atoms with Gasteiger partial charge in [-0.05, 0) is 59.1 Å². The van der Waals surface area contributed by atoms with Gasteiger partial charge in [0.1, 0.15) is 30.0 Å². The fourth-order valence-corrected chi connectivity index (χ4v) is 9.33. The maximum absolute atomic E-state index is 8.96. The molecule has 1 fully saturated rings. The van der Waals surface area contributed by atoms with Crippen LogP contribution in [0, 0.1) is 0 Å². The van der Waals surface area contributed by atoms with E-state index in [1.165, 1.54) is 19.3 Å². The number of benzene rings is 6. The number of ether oxygens (including phenoxy) is 7. The quantitative estimate of drug-likeness (QED) is 0.0323. The molecule has 1 heterocycles. The third-order valence-electron chi connectivity index (χ3n) is 13.1. The number of unbranched alkanes of at least 4 members (excludes halogenated alkanes) is 10. The standard InChI is InChI=1S/C62H76O8/c63-43-27-5-1-2-6-28-44-64-45-29-7-3-4-8-30-46-65-61-60(68-49-53-35-19-11-20-36-53)59(67-48-52-33-17-10-18-34-52)58(66-47-51-31-15-9-16-32-51)57(70-61)50-69-62(54-37-21-12-22-38-54,55-39-23-13-24-40-55)56-41-25-14-26-42-56/h9-26,31-42,57-61,63H,1-8,27-30,43-50H2/t57-,58-,59+,60-,61-/m1/s1. The lowest BCUT2D eigenvalue weighted by Crippen LogP contribution is -2.62. The van der Waals surface area contributed by atoms with Crippen molar-refractivity contribution in [3.05, 3.63) is 215 Å². The van der Waals surface area contributed by atoms with Gasteiger partial charge >= 0.3 is 0 Å². The molecular formula is C62H76O8. The van der Waals surface area contributed by atoms with Crippen molar-refractivity contribution in [3.8, 4) is 0 Å². The van der Waals surface area contributed by atoms with Crippen LogP contribution in [0.5, 0.6) is 0 Å². The minimum absolute atomic E-state index is 0.156. The predicted octanol–water partition coefficient (Wildman–Crippen LogP) is 13.2. The fraction of sp³-hybridized carbons (Fsp3) is 0.419. The summed E-state index contributed by atoms with van der Waals surface area (Å²) in [6.07, 6.45) is 10.0. The Kier molecular flexibility index (Phi) is 23.1. The summed E-state index contributed by atoms with van der Waals surface area (Å²) in [5.74, 6) is 0. The average molecular weight is 949 g/mol. The first-order valence-corrected chi connectivity index (χ1v) is 26.0. The minimum atomic E-state index is -0.984. The summed E-state index contributed by atoms with van der Waals surface area (Å²) < 4.78 is 48.5. The first-order valence-electron chi connectivity index (χ1n) is 26.0. The second kappa shape index (κ2) is 30.7. The van der Waals surface area contributed by atoms with E-state index in [1.54, 1.807) is 0 Å². The molecule has 1 N–H and O–H groups in total. The molecule has 6 aromatic rings. The van der Waals surface area contributed by atoms with Crippen molar-refractivity contribution >= 4 is 0 Å². The molecule has 8 heteroatoms. The van der Waals surface area contributed by atoms with Gasteiger partial charge in [0.05, 0.1) is 26.4 Å². The zero-order valence-electron chi connectivity index (χ0n) is 41.2. The summed E-state index contributed by atoms with van der Waals surface area (Å²) in [4.78, 5) is 0. The van der Waals surface area contributed by atoms with Crippen LogP contribution in [0.15, 0.2) is 182 Å². The third-order valence-corrected chi connectivity index (χ3v) is 13.1. The van der Waals surface area contributed by atoms with Gasteiger partial charge in [-0.15, -0.1) is 0 Å². The van der Waals surface area contributed by atoms with Crippen molar-refractivity contribution in [1.29, 1.82) is 0 Å². The van der Waals surface area contributed by atoms with E-state index in [2.05, 4.69) is 109 Å². The lowest BCUT2D eigenvalue weighted by Gasteiger charge is -2.47. The van der Waals surface area contributed by atoms with Gasteiger partial charge in [-0.25, -0.2) is 0 Å². The summed E-state index contributed by atoms with van der Waals surface area (Å²) in [5, 5.41) is 8.96. The van der Waals surface area contributed by atoms with Crippen LogP contribution in [0.2, 0.25) is 0 Å². The molecule has 5 atom stereocenters. The van der Waals surface area contributed by atoms with Crippen molar-refractivity contribution in [2.24, 2.45) is 0 Å². The van der Waals surface area contributed by atoms with E-state index in [9.17, 15) is 0 Å². The van der Waals surface area contributed by atoms with Crippen LogP contribution in [0.1, 0.15) is 110 Å². The molecule has 7 rings (SSSR count). The van der Waals surface area contributed by atoms with Gasteiger partial charge in [0.15, 0.2) is 6.29 Å². The Hall–Kier alpha value is -5.00. The molecule has 0 spiro atoms. The Morgan fingerprint density at radius 1 is 0.371 bits per heavy atom. The van der Waals surface area contributed by atoms with Gasteiger partial charge in [-0.2, -0.15) is 0 Å². The zero-order chi connectivity index (χ0) is 48.2. The van der Waals surface area contributed by atoms with Crippen LogP contribution in [-0.4, -0.2) is 68.8 Å². The molecular weight excluding hydrogens is 873 g/mol. The maximum atomic E-state index is 8.96. The Balaban J connectivity index is 1.10. The Bertz CT molecular complexity index is 2120. The molecule has 70 heavy (non-hydrogen) atoms. The molecule has 0 aliphatic carbocycles. The second-order valence-corrected chi connectivity index (χ2v) is 18.4. The van der Waals surface area contributed by atoms with E-state index in [1.807, 2.05) is 72.8 Å². The molecule has 0 radical (unpaired) electrons. The molecule has 6 aromatic carbocycles. The predicted molar refractivity (Wildman–Crippen MR) is 278 cm³/mol. The van der Waals surface area contributed by atoms with Crippen LogP contribution in [-0.2, 0) is 58.6 Å². The maximum Gasteiger partial charge on any atom is 0.186 e. The number of hydrogen-bond acceptors (Lipinski definition) is 8. The lowest BCUT2D eigenvalue weighted by atomic mass is 9.80. The number of hydrogen-bond donors (Lipinski definition) is 1. The highest BCUT2D eigenvalue weighted by Crippen LogP contribution is 2.42. The van der Waals surface area contributed by atoms with Crippen molar-refractivity contribution in [2.75, 3.05) is 33.0 Å². The van der Waals surface area contributed by atoms with Crippen LogP contribution < -0.4 is 0 Å². The first-order chi connectivity index (χ1) is 34.7. The van der Waals surface area contributed by atoms with Gasteiger partial charge in [-0.1, -0.05) is 233 Å².